The molecule has 26 heavy (non-hydrogen) atoms. The Morgan fingerprint density at radius 3 is 2.65 bits per heavy atom. The van der Waals surface area contributed by atoms with Gasteiger partial charge in [0.2, 0.25) is 0 Å². The molecule has 0 unspecified atom stereocenters. The van der Waals surface area contributed by atoms with Crippen molar-refractivity contribution >= 4 is 12.2 Å². The van der Waals surface area contributed by atoms with Crippen molar-refractivity contribution in [1.29, 1.82) is 0 Å². The molecule has 8 nitrogen and oxygen atoms in total. The van der Waals surface area contributed by atoms with Crippen LogP contribution in [0.25, 0.3) is 0 Å². The Morgan fingerprint density at radius 1 is 1.23 bits per heavy atom. The Hall–Kier alpha value is -1.94. The molecule has 0 spiro atoms. The zero-order chi connectivity index (χ0) is 18.7. The largest absolute Gasteiger partial charge is 0.496 e. The molecule has 1 aliphatic rings. The van der Waals surface area contributed by atoms with Gasteiger partial charge in [0.05, 0.1) is 33.6 Å². The Morgan fingerprint density at radius 2 is 1.96 bits per heavy atom. The number of aromatic nitrogens is 3. The van der Waals surface area contributed by atoms with Crippen LogP contribution in [0.4, 0.5) is 0 Å². The minimum Gasteiger partial charge on any atom is -0.496 e. The van der Waals surface area contributed by atoms with E-state index in [9.17, 15) is 5.11 Å². The molecule has 1 aliphatic heterocycles. The van der Waals surface area contributed by atoms with E-state index >= 15 is 0 Å². The molecule has 2 heterocycles. The molecule has 0 radical (unpaired) electrons. The van der Waals surface area contributed by atoms with Crippen molar-refractivity contribution in [3.05, 3.63) is 34.4 Å². The van der Waals surface area contributed by atoms with Crippen LogP contribution in [0.1, 0.15) is 17.2 Å². The lowest BCUT2D eigenvalue weighted by molar-refractivity contribution is 0.0668. The maximum absolute atomic E-state index is 10.7. The lowest BCUT2D eigenvalue weighted by atomic mass is 9.95. The van der Waals surface area contributed by atoms with Gasteiger partial charge in [0.1, 0.15) is 17.8 Å². The molecule has 0 saturated heterocycles. The number of nitrogens with zero attached hydrogens (tertiary/aromatic N) is 4. The highest BCUT2D eigenvalue weighted by molar-refractivity contribution is 7.71. The molecule has 0 fully saturated rings. The summed E-state index contributed by atoms with van der Waals surface area (Å²) in [6, 6.07) is 3.68. The van der Waals surface area contributed by atoms with Gasteiger partial charge in [0.25, 0.3) is 0 Å². The Kier molecular flexibility index (Phi) is 5.92. The number of hydrogen-bond acceptors (Lipinski definition) is 7. The Labute approximate surface area is 157 Å². The highest BCUT2D eigenvalue weighted by Gasteiger charge is 2.30. The van der Waals surface area contributed by atoms with E-state index in [0.29, 0.717) is 43.4 Å². The van der Waals surface area contributed by atoms with Crippen LogP contribution >= 0.6 is 12.2 Å². The van der Waals surface area contributed by atoms with Crippen molar-refractivity contribution in [2.45, 2.75) is 25.9 Å². The van der Waals surface area contributed by atoms with Crippen LogP contribution in [0.2, 0.25) is 0 Å². The Bertz CT molecular complexity index is 820. The highest BCUT2D eigenvalue weighted by atomic mass is 32.1. The first-order valence-corrected chi connectivity index (χ1v) is 8.75. The minimum absolute atomic E-state index is 0.462. The first kappa shape index (κ1) is 18.8. The number of β-amino-alcohol motifs (C(OH)–C–C–N with tert-alkyl or cyclic N) is 1. The van der Waals surface area contributed by atoms with Crippen molar-refractivity contribution in [2.75, 3.05) is 34.5 Å². The maximum Gasteiger partial charge on any atom is 0.198 e. The van der Waals surface area contributed by atoms with Gasteiger partial charge in [-0.25, -0.2) is 4.68 Å². The zero-order valence-electron chi connectivity index (χ0n) is 15.2. The predicted molar refractivity (Wildman–Crippen MR) is 97.8 cm³/mol. The topological polar surface area (TPSA) is 73.9 Å². The second kappa shape index (κ2) is 8.17. The van der Waals surface area contributed by atoms with Gasteiger partial charge >= 0.3 is 0 Å². The van der Waals surface area contributed by atoms with E-state index in [1.807, 2.05) is 16.7 Å². The molecule has 0 bridgehead atoms. The maximum atomic E-state index is 10.7. The molecule has 3 rings (SSSR count). The van der Waals surface area contributed by atoms with Gasteiger partial charge in [0.15, 0.2) is 4.77 Å². The average Bonchev–Trinajstić information content (AvgIpc) is 2.98. The second-order valence-electron chi connectivity index (χ2n) is 6.13. The van der Waals surface area contributed by atoms with E-state index < -0.39 is 6.10 Å². The number of hydrogen-bond donors (Lipinski definition) is 1. The number of aliphatic hydroxyl groups excluding tert-OH is 1. The SMILES string of the molecule is COCCn1cnn(CN2Cc3c(OC)ccc(OC)c3[C@@H](O)C2)c1=S. The zero-order valence-corrected chi connectivity index (χ0v) is 16.0. The standard InChI is InChI=1S/C17H24N4O4S/c1-23-7-6-20-10-18-21(17(20)26)11-19-8-12-14(24-2)4-5-15(25-3)16(12)13(22)9-19/h4-5,10,13,22H,6-9,11H2,1-3H3/t13-/m0/s1. The van der Waals surface area contributed by atoms with E-state index in [2.05, 4.69) is 10.00 Å². The summed E-state index contributed by atoms with van der Waals surface area (Å²) in [4.78, 5) is 2.08. The van der Waals surface area contributed by atoms with Gasteiger partial charge in [0, 0.05) is 37.9 Å². The van der Waals surface area contributed by atoms with Crippen LogP contribution < -0.4 is 9.47 Å². The smallest absolute Gasteiger partial charge is 0.198 e. The minimum atomic E-state index is -0.673. The molecular formula is C17H24N4O4S. The van der Waals surface area contributed by atoms with E-state index in [1.54, 1.807) is 32.3 Å². The van der Waals surface area contributed by atoms with Gasteiger partial charge in [-0.3, -0.25) is 4.90 Å². The molecule has 9 heteroatoms. The van der Waals surface area contributed by atoms with Crippen LogP contribution in [0.5, 0.6) is 11.5 Å². The fourth-order valence-electron chi connectivity index (χ4n) is 3.25. The normalized spacial score (nSPS) is 17.2. The third-order valence-corrected chi connectivity index (χ3v) is 4.97. The number of fused-ring (bicyclic) bond motifs is 1. The van der Waals surface area contributed by atoms with Crippen LogP contribution in [-0.2, 0) is 24.5 Å². The molecule has 1 atom stereocenters. The third-order valence-electron chi connectivity index (χ3n) is 4.53. The molecule has 142 valence electrons. The van der Waals surface area contributed by atoms with Gasteiger partial charge < -0.3 is 23.9 Å². The predicted octanol–water partition coefficient (Wildman–Crippen LogP) is 1.58. The van der Waals surface area contributed by atoms with Gasteiger partial charge in [-0.1, -0.05) is 0 Å². The van der Waals surface area contributed by atoms with Crippen LogP contribution in [0.3, 0.4) is 0 Å². The summed E-state index contributed by atoms with van der Waals surface area (Å²) in [6.07, 6.45) is 1.03. The lowest BCUT2D eigenvalue weighted by Gasteiger charge is -2.33. The summed E-state index contributed by atoms with van der Waals surface area (Å²) in [6.45, 7) is 2.79. The van der Waals surface area contributed by atoms with Crippen molar-refractivity contribution in [3.63, 3.8) is 0 Å². The molecule has 0 amide bonds. The lowest BCUT2D eigenvalue weighted by Crippen LogP contribution is -2.36. The molecule has 2 aromatic rings. The van der Waals surface area contributed by atoms with Crippen LogP contribution in [0, 0.1) is 4.77 Å². The third kappa shape index (κ3) is 3.61. The van der Waals surface area contributed by atoms with Crippen LogP contribution in [-0.4, -0.2) is 58.8 Å². The second-order valence-corrected chi connectivity index (χ2v) is 6.50. The van der Waals surface area contributed by atoms with Gasteiger partial charge in [-0.15, -0.1) is 0 Å². The van der Waals surface area contributed by atoms with Crippen molar-refractivity contribution in [2.24, 2.45) is 0 Å². The summed E-state index contributed by atoms with van der Waals surface area (Å²) >= 11 is 5.48. The summed E-state index contributed by atoms with van der Waals surface area (Å²) in [7, 11) is 4.89. The summed E-state index contributed by atoms with van der Waals surface area (Å²) in [5.41, 5.74) is 1.72. The highest BCUT2D eigenvalue weighted by Crippen LogP contribution is 2.39. The molecule has 1 aromatic heterocycles. The van der Waals surface area contributed by atoms with Crippen molar-refractivity contribution in [1.82, 2.24) is 19.2 Å². The van der Waals surface area contributed by atoms with E-state index in [0.717, 1.165) is 16.9 Å². The van der Waals surface area contributed by atoms with Crippen molar-refractivity contribution < 1.29 is 19.3 Å². The Balaban J connectivity index is 1.83. The number of benzene rings is 1. The summed E-state index contributed by atoms with van der Waals surface area (Å²) < 4.78 is 20.2. The summed E-state index contributed by atoms with van der Waals surface area (Å²) in [5, 5.41) is 15.0. The molecule has 1 aromatic carbocycles. The quantitative estimate of drug-likeness (QED) is 0.731. The van der Waals surface area contributed by atoms with E-state index in [-0.39, 0.29) is 0 Å². The fraction of sp³-hybridized carbons (Fsp3) is 0.529. The number of aliphatic hydroxyl groups is 1. The van der Waals surface area contributed by atoms with E-state index in [1.165, 1.54) is 0 Å². The van der Waals surface area contributed by atoms with Crippen molar-refractivity contribution in [3.8, 4) is 11.5 Å². The first-order valence-electron chi connectivity index (χ1n) is 8.34. The molecule has 0 saturated carbocycles. The van der Waals surface area contributed by atoms with Gasteiger partial charge in [-0.05, 0) is 24.4 Å². The van der Waals surface area contributed by atoms with E-state index in [4.69, 9.17) is 26.4 Å². The molecule has 1 N–H and O–H groups in total. The average molecular weight is 380 g/mol. The molecule has 0 aliphatic carbocycles. The molecular weight excluding hydrogens is 356 g/mol. The number of rotatable bonds is 7. The number of methoxy groups -OCH3 is 3. The first-order chi connectivity index (χ1) is 12.6. The summed E-state index contributed by atoms with van der Waals surface area (Å²) in [5.74, 6) is 1.41. The number of ether oxygens (including phenoxy) is 3. The van der Waals surface area contributed by atoms with Crippen LogP contribution in [0.15, 0.2) is 18.5 Å². The van der Waals surface area contributed by atoms with Gasteiger partial charge in [-0.2, -0.15) is 5.10 Å². The fourth-order valence-corrected chi connectivity index (χ4v) is 3.50. The monoisotopic (exact) mass is 380 g/mol.